The van der Waals surface area contributed by atoms with Crippen LogP contribution < -0.4 is 5.32 Å². The van der Waals surface area contributed by atoms with Crippen molar-refractivity contribution in [1.29, 1.82) is 0 Å². The second-order valence-corrected chi connectivity index (χ2v) is 8.07. The van der Waals surface area contributed by atoms with Gasteiger partial charge in [-0.2, -0.15) is 0 Å². The first-order valence-electron chi connectivity index (χ1n) is 9.17. The van der Waals surface area contributed by atoms with Gasteiger partial charge in [0.15, 0.2) is 5.78 Å². The van der Waals surface area contributed by atoms with Gasteiger partial charge in [0.2, 0.25) is 0 Å². The standard InChI is InChI=1S/C23H18BrNO2/c24-14-9-11-19(26)17(12-14)23-22-16(6-3-7-20(22)27)21-15-5-2-1-4-13(15)8-10-18(21)25-23/h1-2,4-5,8-12,23,25-26H,3,6-7H2. The summed E-state index contributed by atoms with van der Waals surface area (Å²) in [6.45, 7) is 0. The van der Waals surface area contributed by atoms with Crippen molar-refractivity contribution in [1.82, 2.24) is 0 Å². The number of halogens is 1. The number of allylic oxidation sites excluding steroid dienone is 1. The largest absolute Gasteiger partial charge is 0.508 e. The number of Topliss-reactive ketones (excluding diaryl/α,β-unsaturated/α-hetero) is 1. The van der Waals surface area contributed by atoms with E-state index in [4.69, 9.17) is 0 Å². The van der Waals surface area contributed by atoms with Crippen LogP contribution in [0.5, 0.6) is 5.75 Å². The zero-order chi connectivity index (χ0) is 18.5. The molecule has 0 bridgehead atoms. The van der Waals surface area contributed by atoms with E-state index in [1.165, 1.54) is 10.8 Å². The number of aromatic hydroxyl groups is 1. The molecule has 0 radical (unpaired) electrons. The Bertz CT molecular complexity index is 1130. The SMILES string of the molecule is O=C1CCCC2=C1C(c1cc(Br)ccc1O)Nc1ccc3ccccc3c12. The summed E-state index contributed by atoms with van der Waals surface area (Å²) >= 11 is 3.49. The molecule has 5 rings (SSSR count). The number of fused-ring (bicyclic) bond motifs is 4. The third kappa shape index (κ3) is 2.59. The van der Waals surface area contributed by atoms with Crippen molar-refractivity contribution in [2.45, 2.75) is 25.3 Å². The Morgan fingerprint density at radius 1 is 1.04 bits per heavy atom. The predicted octanol–water partition coefficient (Wildman–Crippen LogP) is 5.98. The summed E-state index contributed by atoms with van der Waals surface area (Å²) < 4.78 is 0.881. The van der Waals surface area contributed by atoms with Crippen LogP contribution in [0, 0.1) is 0 Å². The molecular formula is C23H18BrNO2. The Morgan fingerprint density at radius 3 is 2.78 bits per heavy atom. The fraction of sp³-hybridized carbons (Fsp3) is 0.174. The Morgan fingerprint density at radius 2 is 1.89 bits per heavy atom. The quantitative estimate of drug-likeness (QED) is 0.509. The van der Waals surface area contributed by atoms with E-state index in [0.29, 0.717) is 6.42 Å². The number of rotatable bonds is 1. The minimum atomic E-state index is -0.334. The van der Waals surface area contributed by atoms with Crippen molar-refractivity contribution in [3.63, 3.8) is 0 Å². The van der Waals surface area contributed by atoms with E-state index in [9.17, 15) is 9.90 Å². The molecule has 1 atom stereocenters. The van der Waals surface area contributed by atoms with E-state index in [1.54, 1.807) is 12.1 Å². The van der Waals surface area contributed by atoms with Crippen molar-refractivity contribution in [2.24, 2.45) is 0 Å². The highest BCUT2D eigenvalue weighted by Gasteiger charge is 2.35. The molecule has 0 aromatic heterocycles. The fourth-order valence-electron chi connectivity index (χ4n) is 4.39. The molecule has 1 aliphatic heterocycles. The number of hydrogen-bond donors (Lipinski definition) is 2. The number of phenolic OH excluding ortho intramolecular Hbond substituents is 1. The minimum absolute atomic E-state index is 0.173. The maximum Gasteiger partial charge on any atom is 0.161 e. The summed E-state index contributed by atoms with van der Waals surface area (Å²) in [5.41, 5.74) is 4.82. The van der Waals surface area contributed by atoms with Crippen LogP contribution in [-0.4, -0.2) is 10.9 Å². The highest BCUT2D eigenvalue weighted by atomic mass is 79.9. The number of anilines is 1. The molecule has 0 spiro atoms. The lowest BCUT2D eigenvalue weighted by atomic mass is 9.76. The van der Waals surface area contributed by atoms with Crippen molar-refractivity contribution >= 4 is 43.7 Å². The molecule has 3 aromatic rings. The molecule has 1 heterocycles. The summed E-state index contributed by atoms with van der Waals surface area (Å²) in [5, 5.41) is 16.4. The average Bonchev–Trinajstić information content (AvgIpc) is 2.69. The summed E-state index contributed by atoms with van der Waals surface area (Å²) in [6.07, 6.45) is 2.32. The summed E-state index contributed by atoms with van der Waals surface area (Å²) in [6, 6.07) is 17.5. The van der Waals surface area contributed by atoms with Crippen LogP contribution in [0.15, 0.2) is 64.6 Å². The molecule has 0 fully saturated rings. The van der Waals surface area contributed by atoms with Gasteiger partial charge in [-0.05, 0) is 53.5 Å². The third-order valence-corrected chi connectivity index (χ3v) is 6.07. The van der Waals surface area contributed by atoms with Gasteiger partial charge in [-0.1, -0.05) is 46.3 Å². The number of phenols is 1. The molecule has 1 unspecified atom stereocenters. The van der Waals surface area contributed by atoms with Gasteiger partial charge in [-0.25, -0.2) is 0 Å². The van der Waals surface area contributed by atoms with Gasteiger partial charge in [0.1, 0.15) is 5.75 Å². The first kappa shape index (κ1) is 16.6. The van der Waals surface area contributed by atoms with E-state index < -0.39 is 0 Å². The number of carbonyl (C=O) groups is 1. The number of nitrogens with one attached hydrogen (secondary N) is 1. The molecule has 0 saturated heterocycles. The first-order chi connectivity index (χ1) is 13.1. The van der Waals surface area contributed by atoms with Gasteiger partial charge in [0.25, 0.3) is 0 Å². The van der Waals surface area contributed by atoms with Gasteiger partial charge in [0.05, 0.1) is 6.04 Å². The van der Waals surface area contributed by atoms with Crippen LogP contribution in [0.3, 0.4) is 0 Å². The molecule has 3 nitrogen and oxygen atoms in total. The maximum absolute atomic E-state index is 13.0. The predicted molar refractivity (Wildman–Crippen MR) is 112 cm³/mol. The molecule has 27 heavy (non-hydrogen) atoms. The second-order valence-electron chi connectivity index (χ2n) is 7.16. The van der Waals surface area contributed by atoms with Crippen molar-refractivity contribution < 1.29 is 9.90 Å². The summed E-state index contributed by atoms with van der Waals surface area (Å²) in [5.74, 6) is 0.372. The van der Waals surface area contributed by atoms with Crippen molar-refractivity contribution in [3.8, 4) is 5.75 Å². The monoisotopic (exact) mass is 419 g/mol. The lowest BCUT2D eigenvalue weighted by molar-refractivity contribution is -0.116. The van der Waals surface area contributed by atoms with Crippen LogP contribution in [0.25, 0.3) is 16.3 Å². The Balaban J connectivity index is 1.81. The van der Waals surface area contributed by atoms with E-state index in [0.717, 1.165) is 45.3 Å². The zero-order valence-corrected chi connectivity index (χ0v) is 16.2. The summed E-state index contributed by atoms with van der Waals surface area (Å²) in [7, 11) is 0. The van der Waals surface area contributed by atoms with E-state index in [-0.39, 0.29) is 17.6 Å². The minimum Gasteiger partial charge on any atom is -0.508 e. The summed E-state index contributed by atoms with van der Waals surface area (Å²) in [4.78, 5) is 13.0. The number of carbonyl (C=O) groups excluding carboxylic acids is 1. The number of hydrogen-bond acceptors (Lipinski definition) is 3. The van der Waals surface area contributed by atoms with E-state index in [1.807, 2.05) is 18.2 Å². The van der Waals surface area contributed by atoms with Gasteiger partial charge in [-0.15, -0.1) is 0 Å². The lowest BCUT2D eigenvalue weighted by Gasteiger charge is -2.35. The molecule has 134 valence electrons. The molecular weight excluding hydrogens is 402 g/mol. The Labute approximate surface area is 165 Å². The van der Waals surface area contributed by atoms with Crippen LogP contribution in [0.1, 0.15) is 36.4 Å². The molecule has 0 amide bonds. The first-order valence-corrected chi connectivity index (χ1v) is 9.96. The normalized spacial score (nSPS) is 18.9. The van der Waals surface area contributed by atoms with E-state index >= 15 is 0 Å². The Hall–Kier alpha value is -2.59. The zero-order valence-electron chi connectivity index (χ0n) is 14.6. The third-order valence-electron chi connectivity index (χ3n) is 5.58. The van der Waals surface area contributed by atoms with Crippen molar-refractivity contribution in [2.75, 3.05) is 5.32 Å². The highest BCUT2D eigenvalue weighted by molar-refractivity contribution is 9.10. The van der Waals surface area contributed by atoms with Gasteiger partial charge < -0.3 is 10.4 Å². The van der Waals surface area contributed by atoms with Crippen LogP contribution in [0.2, 0.25) is 0 Å². The van der Waals surface area contributed by atoms with E-state index in [2.05, 4.69) is 45.5 Å². The molecule has 0 saturated carbocycles. The van der Waals surface area contributed by atoms with Crippen LogP contribution in [-0.2, 0) is 4.79 Å². The van der Waals surface area contributed by atoms with Gasteiger partial charge >= 0.3 is 0 Å². The lowest BCUT2D eigenvalue weighted by Crippen LogP contribution is -2.27. The average molecular weight is 420 g/mol. The smallest absolute Gasteiger partial charge is 0.161 e. The second kappa shape index (κ2) is 6.24. The molecule has 2 aliphatic rings. The maximum atomic E-state index is 13.0. The Kier molecular flexibility index (Phi) is 3.83. The highest BCUT2D eigenvalue weighted by Crippen LogP contribution is 2.49. The van der Waals surface area contributed by atoms with Gasteiger partial charge in [-0.3, -0.25) is 4.79 Å². The number of benzene rings is 3. The molecule has 2 N–H and O–H groups in total. The van der Waals surface area contributed by atoms with Crippen LogP contribution in [0.4, 0.5) is 5.69 Å². The molecule has 4 heteroatoms. The number of ketones is 1. The van der Waals surface area contributed by atoms with Crippen LogP contribution >= 0.6 is 15.9 Å². The molecule has 1 aliphatic carbocycles. The van der Waals surface area contributed by atoms with Gasteiger partial charge in [0, 0.05) is 33.3 Å². The molecule has 3 aromatic carbocycles. The topological polar surface area (TPSA) is 49.3 Å². The fourth-order valence-corrected chi connectivity index (χ4v) is 4.77. The van der Waals surface area contributed by atoms with Crippen molar-refractivity contribution in [3.05, 3.63) is 75.8 Å².